The molecule has 5 rings (SSSR count). The first-order chi connectivity index (χ1) is 11.5. The molecule has 1 amide bonds. The van der Waals surface area contributed by atoms with Crippen LogP contribution in [0.4, 0.5) is 8.78 Å². The molecule has 1 unspecified atom stereocenters. The predicted octanol–water partition coefficient (Wildman–Crippen LogP) is 3.72. The molecule has 1 N–H and O–H groups in total. The molecule has 4 bridgehead atoms. The van der Waals surface area contributed by atoms with E-state index in [2.05, 4.69) is 5.32 Å². The zero-order chi connectivity index (χ0) is 16.8. The first-order valence-electron chi connectivity index (χ1n) is 8.70. The highest BCUT2D eigenvalue weighted by atomic mass is 19.1. The quantitative estimate of drug-likeness (QED) is 0.918. The maximum absolute atomic E-state index is 13.9. The Kier molecular flexibility index (Phi) is 3.79. The lowest BCUT2D eigenvalue weighted by molar-refractivity contribution is -0.138. The first-order valence-corrected chi connectivity index (χ1v) is 8.70. The van der Waals surface area contributed by atoms with Gasteiger partial charge in [-0.15, -0.1) is 0 Å². The molecule has 0 spiro atoms. The number of hydrogen-bond donors (Lipinski definition) is 1. The number of halogens is 2. The predicted molar refractivity (Wildman–Crippen MR) is 83.4 cm³/mol. The summed E-state index contributed by atoms with van der Waals surface area (Å²) in [6.07, 6.45) is 5.73. The molecular formula is C19H20F2N2O. The maximum atomic E-state index is 13.9. The van der Waals surface area contributed by atoms with E-state index in [-0.39, 0.29) is 17.4 Å². The number of carbonyl (C=O) groups excluding carboxylic acids is 1. The zero-order valence-corrected chi connectivity index (χ0v) is 13.3. The molecule has 3 nitrogen and oxygen atoms in total. The summed E-state index contributed by atoms with van der Waals surface area (Å²) in [6.45, 7) is 0. The number of carbonyl (C=O) groups is 1. The molecule has 1 atom stereocenters. The normalized spacial score (nSPS) is 34.6. The Hall–Kier alpha value is -1.96. The zero-order valence-electron chi connectivity index (χ0n) is 13.3. The fourth-order valence-corrected chi connectivity index (χ4v) is 5.51. The van der Waals surface area contributed by atoms with Gasteiger partial charge in [-0.25, -0.2) is 8.78 Å². The van der Waals surface area contributed by atoms with E-state index in [9.17, 15) is 18.8 Å². The summed E-state index contributed by atoms with van der Waals surface area (Å²) in [5.74, 6) is 0.636. The van der Waals surface area contributed by atoms with Crippen LogP contribution in [0.3, 0.4) is 0 Å². The van der Waals surface area contributed by atoms with E-state index < -0.39 is 17.7 Å². The molecule has 4 aliphatic rings. The topological polar surface area (TPSA) is 52.9 Å². The Labute approximate surface area is 140 Å². The lowest BCUT2D eigenvalue weighted by Crippen LogP contribution is -2.51. The highest BCUT2D eigenvalue weighted by Gasteiger charge is 2.50. The largest absolute Gasteiger partial charge is 0.336 e. The molecule has 126 valence electrons. The van der Waals surface area contributed by atoms with Crippen LogP contribution in [0.2, 0.25) is 0 Å². The fourth-order valence-electron chi connectivity index (χ4n) is 5.51. The summed E-state index contributed by atoms with van der Waals surface area (Å²) in [6, 6.07) is 3.95. The number of benzene rings is 1. The van der Waals surface area contributed by atoms with Crippen molar-refractivity contribution in [2.75, 3.05) is 0 Å². The van der Waals surface area contributed by atoms with Crippen molar-refractivity contribution >= 4 is 5.91 Å². The van der Waals surface area contributed by atoms with Gasteiger partial charge in [0.15, 0.2) is 0 Å². The van der Waals surface area contributed by atoms with Gasteiger partial charge in [0.2, 0.25) is 5.91 Å². The summed E-state index contributed by atoms with van der Waals surface area (Å²) in [7, 11) is 0. The summed E-state index contributed by atoms with van der Waals surface area (Å²) in [5.41, 5.74) is 0.0241. The molecule has 4 fully saturated rings. The van der Waals surface area contributed by atoms with Crippen LogP contribution in [-0.4, -0.2) is 5.91 Å². The average molecular weight is 330 g/mol. The van der Waals surface area contributed by atoms with Crippen LogP contribution in [0.25, 0.3) is 0 Å². The number of nitrogens with one attached hydrogen (secondary N) is 1. The molecular weight excluding hydrogens is 310 g/mol. The third-order valence-electron chi connectivity index (χ3n) is 6.22. The molecule has 0 saturated heterocycles. The van der Waals surface area contributed by atoms with Crippen molar-refractivity contribution in [2.24, 2.45) is 29.6 Å². The summed E-state index contributed by atoms with van der Waals surface area (Å²) in [5, 5.41) is 12.1. The SMILES string of the molecule is N#CC(NC(=O)C1C2CC3CC(C2)CC1C3)c1ccc(F)cc1F. The minimum atomic E-state index is -1.07. The molecule has 1 aromatic carbocycles. The fraction of sp³-hybridized carbons (Fsp3) is 0.579. The third-order valence-corrected chi connectivity index (χ3v) is 6.22. The van der Waals surface area contributed by atoms with Gasteiger partial charge in [-0.05, 0) is 61.8 Å². The van der Waals surface area contributed by atoms with Crippen LogP contribution in [-0.2, 0) is 4.79 Å². The minimum Gasteiger partial charge on any atom is -0.336 e. The van der Waals surface area contributed by atoms with Crippen molar-refractivity contribution in [3.63, 3.8) is 0 Å². The highest BCUT2D eigenvalue weighted by molar-refractivity contribution is 5.80. The Balaban J connectivity index is 1.51. The van der Waals surface area contributed by atoms with E-state index in [0.29, 0.717) is 11.8 Å². The summed E-state index contributed by atoms with van der Waals surface area (Å²) < 4.78 is 27.0. The van der Waals surface area contributed by atoms with Crippen molar-refractivity contribution in [1.29, 1.82) is 5.26 Å². The Morgan fingerprint density at radius 3 is 2.29 bits per heavy atom. The van der Waals surface area contributed by atoms with E-state index in [1.54, 1.807) is 0 Å². The molecule has 5 heteroatoms. The van der Waals surface area contributed by atoms with E-state index in [1.165, 1.54) is 12.5 Å². The van der Waals surface area contributed by atoms with E-state index in [0.717, 1.165) is 49.7 Å². The van der Waals surface area contributed by atoms with E-state index in [4.69, 9.17) is 0 Å². The molecule has 0 radical (unpaired) electrons. The minimum absolute atomic E-state index is 0.0241. The Morgan fingerprint density at radius 2 is 1.75 bits per heavy atom. The molecule has 4 saturated carbocycles. The van der Waals surface area contributed by atoms with Gasteiger partial charge >= 0.3 is 0 Å². The second kappa shape index (κ2) is 5.84. The van der Waals surface area contributed by atoms with E-state index >= 15 is 0 Å². The van der Waals surface area contributed by atoms with Crippen molar-refractivity contribution in [2.45, 2.75) is 38.1 Å². The molecule has 0 heterocycles. The average Bonchev–Trinajstić information content (AvgIpc) is 2.52. The highest BCUT2D eigenvalue weighted by Crippen LogP contribution is 2.56. The molecule has 4 aliphatic carbocycles. The van der Waals surface area contributed by atoms with Crippen LogP contribution in [0.5, 0.6) is 0 Å². The summed E-state index contributed by atoms with van der Waals surface area (Å²) in [4.78, 5) is 12.8. The van der Waals surface area contributed by atoms with Gasteiger partial charge in [-0.2, -0.15) is 5.26 Å². The lowest BCUT2D eigenvalue weighted by Gasteiger charge is -2.53. The smallest absolute Gasteiger partial charge is 0.224 e. The second-order valence-electron chi connectivity index (χ2n) is 7.69. The standard InChI is InChI=1S/C19H20F2N2O/c20-14-1-2-15(16(21)8-14)17(9-22)23-19(24)18-12-4-10-3-11(6-12)7-13(18)5-10/h1-2,8,10-13,17-18H,3-7H2,(H,23,24). The van der Waals surface area contributed by atoms with Crippen LogP contribution < -0.4 is 5.32 Å². The number of nitriles is 1. The van der Waals surface area contributed by atoms with Gasteiger partial charge in [0.25, 0.3) is 0 Å². The van der Waals surface area contributed by atoms with Crippen LogP contribution >= 0.6 is 0 Å². The van der Waals surface area contributed by atoms with Gasteiger partial charge in [0.05, 0.1) is 6.07 Å². The van der Waals surface area contributed by atoms with Gasteiger partial charge in [-0.3, -0.25) is 4.79 Å². The number of rotatable bonds is 3. The Morgan fingerprint density at radius 1 is 1.12 bits per heavy atom. The van der Waals surface area contributed by atoms with Crippen molar-refractivity contribution < 1.29 is 13.6 Å². The van der Waals surface area contributed by atoms with Gasteiger partial charge < -0.3 is 5.32 Å². The Bertz CT molecular complexity index is 684. The number of nitrogens with zero attached hydrogens (tertiary/aromatic N) is 1. The van der Waals surface area contributed by atoms with Gasteiger partial charge in [-0.1, -0.05) is 6.07 Å². The second-order valence-corrected chi connectivity index (χ2v) is 7.69. The van der Waals surface area contributed by atoms with Crippen LogP contribution in [0, 0.1) is 52.6 Å². The summed E-state index contributed by atoms with van der Waals surface area (Å²) >= 11 is 0. The van der Waals surface area contributed by atoms with Crippen molar-refractivity contribution in [3.05, 3.63) is 35.4 Å². The maximum Gasteiger partial charge on any atom is 0.224 e. The van der Waals surface area contributed by atoms with Gasteiger partial charge in [0, 0.05) is 17.5 Å². The monoisotopic (exact) mass is 330 g/mol. The lowest BCUT2D eigenvalue weighted by atomic mass is 9.51. The third kappa shape index (κ3) is 2.58. The number of amides is 1. The van der Waals surface area contributed by atoms with E-state index in [1.807, 2.05) is 6.07 Å². The van der Waals surface area contributed by atoms with Crippen LogP contribution in [0.15, 0.2) is 18.2 Å². The molecule has 24 heavy (non-hydrogen) atoms. The van der Waals surface area contributed by atoms with Gasteiger partial charge in [0.1, 0.15) is 17.7 Å². The number of hydrogen-bond acceptors (Lipinski definition) is 2. The molecule has 1 aromatic rings. The first kappa shape index (κ1) is 15.6. The molecule has 0 aromatic heterocycles. The van der Waals surface area contributed by atoms with Crippen LogP contribution in [0.1, 0.15) is 43.7 Å². The van der Waals surface area contributed by atoms with Crippen molar-refractivity contribution in [3.8, 4) is 6.07 Å². The van der Waals surface area contributed by atoms with Crippen molar-refractivity contribution in [1.82, 2.24) is 5.32 Å². The molecule has 0 aliphatic heterocycles.